The average Bonchev–Trinajstić information content (AvgIpc) is 3.00. The van der Waals surface area contributed by atoms with Crippen molar-refractivity contribution < 1.29 is 0 Å². The minimum atomic E-state index is 0.545. The number of hydrogen-bond acceptors (Lipinski definition) is 8. The van der Waals surface area contributed by atoms with Crippen LogP contribution in [-0.2, 0) is 0 Å². The molecule has 2 atom stereocenters. The maximum Gasteiger partial charge on any atom is 0.159 e. The third kappa shape index (κ3) is 9.97. The van der Waals surface area contributed by atoms with Crippen LogP contribution in [0.2, 0.25) is 0 Å². The summed E-state index contributed by atoms with van der Waals surface area (Å²) in [5, 5.41) is 10.1. The van der Waals surface area contributed by atoms with Crippen molar-refractivity contribution >= 4 is 21.6 Å². The number of hydrogen-bond donors (Lipinski definition) is 3. The molecule has 2 aliphatic heterocycles. The number of aromatic nitrogens is 4. The smallest absolute Gasteiger partial charge is 0.159 e. The first kappa shape index (κ1) is 30.7. The summed E-state index contributed by atoms with van der Waals surface area (Å²) in [5.74, 6) is 1.55. The number of nitrogens with zero attached hydrogens (tertiary/aromatic N) is 5. The van der Waals surface area contributed by atoms with Gasteiger partial charge in [-0.2, -0.15) is 0 Å². The lowest BCUT2D eigenvalue weighted by Crippen LogP contribution is -2.49. The van der Waals surface area contributed by atoms with Crippen LogP contribution in [0, 0.1) is 13.8 Å². The summed E-state index contributed by atoms with van der Waals surface area (Å²) >= 11 is 3.39. The van der Waals surface area contributed by atoms with Crippen molar-refractivity contribution in [3.8, 4) is 22.8 Å². The second-order valence-electron chi connectivity index (χ2n) is 10.6. The van der Waals surface area contributed by atoms with Gasteiger partial charge in [0.15, 0.2) is 11.6 Å². The zero-order valence-electron chi connectivity index (χ0n) is 24.4. The van der Waals surface area contributed by atoms with Gasteiger partial charge in [-0.3, -0.25) is 0 Å². The van der Waals surface area contributed by atoms with Gasteiger partial charge in [0.1, 0.15) is 0 Å². The summed E-state index contributed by atoms with van der Waals surface area (Å²) in [5.41, 5.74) is 5.53. The highest BCUT2D eigenvalue weighted by Gasteiger charge is 2.15. The van der Waals surface area contributed by atoms with Crippen LogP contribution in [0.4, 0.5) is 5.69 Å². The summed E-state index contributed by atoms with van der Waals surface area (Å²) in [6.07, 6.45) is 7.36. The molecule has 0 unspecified atom stereocenters. The van der Waals surface area contributed by atoms with Crippen molar-refractivity contribution in [3.05, 3.63) is 88.9 Å². The predicted octanol–water partition coefficient (Wildman–Crippen LogP) is 5.03. The highest BCUT2D eigenvalue weighted by atomic mass is 79.9. The van der Waals surface area contributed by atoms with E-state index in [4.69, 9.17) is 0 Å². The van der Waals surface area contributed by atoms with E-state index in [2.05, 4.69) is 94.8 Å². The molecule has 8 nitrogen and oxygen atoms in total. The van der Waals surface area contributed by atoms with Crippen LogP contribution >= 0.6 is 15.9 Å². The number of nitrogens with one attached hydrogen (secondary N) is 3. The van der Waals surface area contributed by atoms with E-state index < -0.39 is 0 Å². The zero-order valence-corrected chi connectivity index (χ0v) is 26.0. The zero-order chi connectivity index (χ0) is 29.0. The van der Waals surface area contributed by atoms with E-state index in [0.29, 0.717) is 12.1 Å². The van der Waals surface area contributed by atoms with Crippen molar-refractivity contribution in [2.24, 2.45) is 0 Å². The average molecular weight is 618 g/mol. The molecule has 2 aliphatic rings. The van der Waals surface area contributed by atoms with Crippen molar-refractivity contribution in [2.75, 3.05) is 44.2 Å². The molecule has 0 radical (unpaired) electrons. The predicted molar refractivity (Wildman–Crippen MR) is 172 cm³/mol. The lowest BCUT2D eigenvalue weighted by atomic mass is 10.1. The molecule has 0 spiro atoms. The fraction of sp³-hybridized carbons (Fsp3) is 0.375. The molecule has 0 amide bonds. The van der Waals surface area contributed by atoms with E-state index in [1.165, 1.54) is 5.69 Å². The molecule has 4 aromatic rings. The molecule has 2 fully saturated rings. The molecular formula is C32H41BrN8. The molecular weight excluding hydrogens is 576 g/mol. The molecule has 3 N–H and O–H groups in total. The number of aryl methyl sites for hydroxylation is 2. The summed E-state index contributed by atoms with van der Waals surface area (Å²) in [4.78, 5) is 19.7. The van der Waals surface area contributed by atoms with Crippen molar-refractivity contribution in [1.29, 1.82) is 0 Å². The molecule has 2 saturated heterocycles. The van der Waals surface area contributed by atoms with Gasteiger partial charge in [0.25, 0.3) is 0 Å². The fourth-order valence-corrected chi connectivity index (χ4v) is 4.73. The number of benzene rings is 2. The van der Waals surface area contributed by atoms with Gasteiger partial charge >= 0.3 is 0 Å². The monoisotopic (exact) mass is 616 g/mol. The molecule has 216 valence electrons. The van der Waals surface area contributed by atoms with Gasteiger partial charge in [-0.25, -0.2) is 19.9 Å². The molecule has 9 heteroatoms. The van der Waals surface area contributed by atoms with Gasteiger partial charge in [0.05, 0.1) is 0 Å². The van der Waals surface area contributed by atoms with Gasteiger partial charge in [-0.05, 0) is 75.2 Å². The Kier molecular flexibility index (Phi) is 11.7. The summed E-state index contributed by atoms with van der Waals surface area (Å²) in [6, 6.07) is 17.7. The van der Waals surface area contributed by atoms with E-state index in [-0.39, 0.29) is 0 Å². The van der Waals surface area contributed by atoms with Gasteiger partial charge in [-0.1, -0.05) is 28.1 Å². The minimum absolute atomic E-state index is 0.545. The van der Waals surface area contributed by atoms with Gasteiger partial charge in [-0.15, -0.1) is 0 Å². The van der Waals surface area contributed by atoms with Crippen LogP contribution in [0.25, 0.3) is 22.8 Å². The Morgan fingerprint density at radius 2 is 1.20 bits per heavy atom. The first-order valence-corrected chi connectivity index (χ1v) is 15.0. The Labute approximate surface area is 252 Å². The third-order valence-corrected chi connectivity index (χ3v) is 7.30. The summed E-state index contributed by atoms with van der Waals surface area (Å²) < 4.78 is 1.06. The second kappa shape index (κ2) is 15.7. The molecule has 0 saturated carbocycles. The van der Waals surface area contributed by atoms with Crippen LogP contribution in [0.5, 0.6) is 0 Å². The topological polar surface area (TPSA) is 90.9 Å². The van der Waals surface area contributed by atoms with E-state index in [0.717, 1.165) is 77.6 Å². The maximum atomic E-state index is 4.37. The van der Waals surface area contributed by atoms with E-state index in [9.17, 15) is 0 Å². The van der Waals surface area contributed by atoms with Crippen LogP contribution in [-0.4, -0.2) is 71.3 Å². The first-order valence-electron chi connectivity index (χ1n) is 14.2. The Balaban J connectivity index is 0.000000159. The van der Waals surface area contributed by atoms with E-state index in [1.54, 1.807) is 0 Å². The van der Waals surface area contributed by atoms with Crippen LogP contribution < -0.4 is 20.9 Å². The van der Waals surface area contributed by atoms with Gasteiger partial charge < -0.3 is 20.9 Å². The van der Waals surface area contributed by atoms with E-state index >= 15 is 0 Å². The number of piperazine rings is 2. The quantitative estimate of drug-likeness (QED) is 0.295. The Morgan fingerprint density at radius 1 is 0.683 bits per heavy atom. The lowest BCUT2D eigenvalue weighted by molar-refractivity contribution is 0.442. The van der Waals surface area contributed by atoms with Crippen LogP contribution in [0.3, 0.4) is 0 Å². The number of halogens is 1. The number of anilines is 1. The normalized spacial score (nSPS) is 18.4. The Morgan fingerprint density at radius 3 is 1.63 bits per heavy atom. The highest BCUT2D eigenvalue weighted by Crippen LogP contribution is 2.21. The van der Waals surface area contributed by atoms with Gasteiger partial charge in [0.2, 0.25) is 0 Å². The SMILES string of the molecule is C[C@H]1CNCCN1.Cc1cnc(-c2ccc(Br)cc2)nc1.Cc1cnc(-c2ccc(N3CCN[C@@H](C)C3)cc2)nc1. The highest BCUT2D eigenvalue weighted by molar-refractivity contribution is 9.10. The summed E-state index contributed by atoms with van der Waals surface area (Å²) in [7, 11) is 0. The molecule has 6 rings (SSSR count). The number of rotatable bonds is 3. The Hall–Kier alpha value is -3.24. The van der Waals surface area contributed by atoms with Crippen molar-refractivity contribution in [1.82, 2.24) is 35.9 Å². The van der Waals surface area contributed by atoms with Gasteiger partial charge in [0, 0.05) is 97.4 Å². The first-order chi connectivity index (χ1) is 19.9. The molecule has 2 aromatic carbocycles. The Bertz CT molecular complexity index is 1260. The minimum Gasteiger partial charge on any atom is -0.369 e. The molecule has 0 aliphatic carbocycles. The van der Waals surface area contributed by atoms with Crippen molar-refractivity contribution in [2.45, 2.75) is 39.8 Å². The lowest BCUT2D eigenvalue weighted by Gasteiger charge is -2.33. The molecule has 4 heterocycles. The molecule has 41 heavy (non-hydrogen) atoms. The molecule has 2 aromatic heterocycles. The third-order valence-electron chi connectivity index (χ3n) is 6.77. The standard InChI is InChI=1S/C16H20N4.C11H9BrN2.C5H12N2/c1-12-9-18-16(19-10-12)14-3-5-15(6-4-14)20-8-7-17-13(2)11-20;1-8-6-13-11(14-7-8)9-2-4-10(12)5-3-9;1-5-4-6-2-3-7-5/h3-6,9-10,13,17H,7-8,11H2,1-2H3;2-7H,1H3;5-7H,2-4H2,1H3/t13-;;5-/m0.0/s1. The molecule has 0 bridgehead atoms. The van der Waals surface area contributed by atoms with E-state index in [1.807, 2.05) is 62.9 Å². The summed E-state index contributed by atoms with van der Waals surface area (Å²) in [6.45, 7) is 14.9. The second-order valence-corrected chi connectivity index (χ2v) is 11.5. The van der Waals surface area contributed by atoms with Crippen LogP contribution in [0.1, 0.15) is 25.0 Å². The fourth-order valence-electron chi connectivity index (χ4n) is 4.47. The van der Waals surface area contributed by atoms with Crippen LogP contribution in [0.15, 0.2) is 77.8 Å². The van der Waals surface area contributed by atoms with Crippen molar-refractivity contribution in [3.63, 3.8) is 0 Å². The largest absolute Gasteiger partial charge is 0.369 e. The maximum absolute atomic E-state index is 4.37.